The average molecular weight is 218 g/mol. The van der Waals surface area contributed by atoms with E-state index in [4.69, 9.17) is 4.74 Å². The maximum absolute atomic E-state index is 5.76. The summed E-state index contributed by atoms with van der Waals surface area (Å²) in [5.74, 6) is 0. The molecule has 1 aromatic rings. The highest BCUT2D eigenvalue weighted by Crippen LogP contribution is 2.33. The Kier molecular flexibility index (Phi) is 3.62. The van der Waals surface area contributed by atoms with Gasteiger partial charge in [-0.3, -0.25) is 0 Å². The summed E-state index contributed by atoms with van der Waals surface area (Å²) < 4.78 is 5.76. The van der Waals surface area contributed by atoms with Gasteiger partial charge in [0.25, 0.3) is 0 Å². The molecule has 1 radical (unpaired) electrons. The van der Waals surface area contributed by atoms with Crippen LogP contribution in [0.2, 0.25) is 0 Å². The first kappa shape index (κ1) is 11.6. The Labute approximate surface area is 98.2 Å². The number of benzene rings is 1. The monoisotopic (exact) mass is 218 g/mol. The quantitative estimate of drug-likeness (QED) is 0.770. The molecule has 0 saturated heterocycles. The van der Waals surface area contributed by atoms with Crippen molar-refractivity contribution < 1.29 is 4.74 Å². The molecule has 2 nitrogen and oxygen atoms in total. The highest BCUT2D eigenvalue weighted by Gasteiger charge is 2.23. The maximum Gasteiger partial charge on any atom is 0.127 e. The van der Waals surface area contributed by atoms with Crippen LogP contribution in [0, 0.1) is 13.0 Å². The Morgan fingerprint density at radius 2 is 2.12 bits per heavy atom. The first-order chi connectivity index (χ1) is 7.66. The molecular formula is C14H20NO. The van der Waals surface area contributed by atoms with E-state index >= 15 is 0 Å². The predicted molar refractivity (Wildman–Crippen MR) is 66.1 cm³/mol. The second kappa shape index (κ2) is 4.98. The van der Waals surface area contributed by atoms with Crippen LogP contribution >= 0.6 is 0 Å². The zero-order chi connectivity index (χ0) is 11.5. The molecular weight excluding hydrogens is 198 g/mol. The minimum absolute atomic E-state index is 0.758. The summed E-state index contributed by atoms with van der Waals surface area (Å²) in [6.45, 7) is 4.01. The Bertz CT molecular complexity index is 360. The molecule has 1 aliphatic heterocycles. The summed E-state index contributed by atoms with van der Waals surface area (Å²) >= 11 is 0. The summed E-state index contributed by atoms with van der Waals surface area (Å²) in [5.41, 5.74) is 3.99. The summed E-state index contributed by atoms with van der Waals surface area (Å²) in [6.07, 6.45) is 3.39. The zero-order valence-electron chi connectivity index (χ0n) is 10.4. The molecule has 0 aliphatic carbocycles. The molecule has 0 atom stereocenters. The SMILES string of the molecule is Cc1ccc2c(c1)CO[C]2CCCN(C)C. The van der Waals surface area contributed by atoms with Gasteiger partial charge in [0, 0.05) is 0 Å². The lowest BCUT2D eigenvalue weighted by Crippen LogP contribution is -2.14. The lowest BCUT2D eigenvalue weighted by molar-refractivity contribution is 0.160. The predicted octanol–water partition coefficient (Wildman–Crippen LogP) is 2.75. The lowest BCUT2D eigenvalue weighted by atomic mass is 10.00. The number of hydrogen-bond acceptors (Lipinski definition) is 2. The van der Waals surface area contributed by atoms with Gasteiger partial charge in [-0.1, -0.05) is 23.8 Å². The number of nitrogens with zero attached hydrogens (tertiary/aromatic N) is 1. The van der Waals surface area contributed by atoms with Crippen molar-refractivity contribution in [2.45, 2.75) is 26.4 Å². The van der Waals surface area contributed by atoms with Crippen molar-refractivity contribution in [3.8, 4) is 0 Å². The van der Waals surface area contributed by atoms with Crippen molar-refractivity contribution in [3.63, 3.8) is 0 Å². The molecule has 1 aliphatic rings. The smallest absolute Gasteiger partial charge is 0.127 e. The zero-order valence-corrected chi connectivity index (χ0v) is 10.4. The molecule has 0 aromatic heterocycles. The Morgan fingerprint density at radius 1 is 1.31 bits per heavy atom. The summed E-state index contributed by atoms with van der Waals surface area (Å²) in [5, 5.41) is 0. The van der Waals surface area contributed by atoms with Gasteiger partial charge >= 0.3 is 0 Å². The van der Waals surface area contributed by atoms with Crippen LogP contribution < -0.4 is 0 Å². The number of aryl methyl sites for hydroxylation is 1. The van der Waals surface area contributed by atoms with Crippen LogP contribution in [0.15, 0.2) is 18.2 Å². The molecule has 87 valence electrons. The van der Waals surface area contributed by atoms with Gasteiger partial charge in [-0.15, -0.1) is 0 Å². The summed E-state index contributed by atoms with van der Waals surface area (Å²) in [7, 11) is 4.22. The normalized spacial score (nSPS) is 15.8. The van der Waals surface area contributed by atoms with Crippen LogP contribution in [0.25, 0.3) is 0 Å². The fourth-order valence-electron chi connectivity index (χ4n) is 2.12. The van der Waals surface area contributed by atoms with Gasteiger partial charge in [-0.2, -0.15) is 0 Å². The lowest BCUT2D eigenvalue weighted by Gasteiger charge is -2.12. The van der Waals surface area contributed by atoms with Crippen LogP contribution in [-0.4, -0.2) is 25.5 Å². The van der Waals surface area contributed by atoms with Crippen molar-refractivity contribution in [2.75, 3.05) is 20.6 Å². The molecule has 0 unspecified atom stereocenters. The third-order valence-electron chi connectivity index (χ3n) is 2.97. The van der Waals surface area contributed by atoms with Crippen LogP contribution in [0.5, 0.6) is 0 Å². The van der Waals surface area contributed by atoms with E-state index in [1.165, 1.54) is 22.8 Å². The highest BCUT2D eigenvalue weighted by atomic mass is 16.5. The molecule has 0 N–H and O–H groups in total. The van der Waals surface area contributed by atoms with Gasteiger partial charge in [-0.25, -0.2) is 0 Å². The first-order valence-corrected chi connectivity index (χ1v) is 5.90. The van der Waals surface area contributed by atoms with Crippen LogP contribution in [-0.2, 0) is 11.3 Å². The van der Waals surface area contributed by atoms with Crippen molar-refractivity contribution in [3.05, 3.63) is 41.0 Å². The number of hydrogen-bond donors (Lipinski definition) is 0. The Morgan fingerprint density at radius 3 is 2.88 bits per heavy atom. The molecule has 2 rings (SSSR count). The van der Waals surface area contributed by atoms with E-state index in [1.54, 1.807) is 0 Å². The van der Waals surface area contributed by atoms with Gasteiger partial charge in [0.2, 0.25) is 0 Å². The molecule has 2 heteroatoms. The van der Waals surface area contributed by atoms with E-state index in [1.807, 2.05) is 0 Å². The molecule has 0 amide bonds. The minimum Gasteiger partial charge on any atom is -0.362 e. The minimum atomic E-state index is 0.758. The average Bonchev–Trinajstić information content (AvgIpc) is 2.60. The second-order valence-corrected chi connectivity index (χ2v) is 4.78. The third kappa shape index (κ3) is 2.63. The van der Waals surface area contributed by atoms with E-state index in [9.17, 15) is 0 Å². The molecule has 0 fully saturated rings. The van der Waals surface area contributed by atoms with E-state index < -0.39 is 0 Å². The largest absolute Gasteiger partial charge is 0.362 e. The number of ether oxygens (including phenoxy) is 1. The standard InChI is InChI=1S/C14H20NO/c1-11-6-7-13-12(9-11)10-16-14(13)5-4-8-15(2)3/h6-7,9H,4-5,8,10H2,1-3H3. The van der Waals surface area contributed by atoms with Gasteiger partial charge in [-0.05, 0) is 51.5 Å². The van der Waals surface area contributed by atoms with Crippen LogP contribution in [0.3, 0.4) is 0 Å². The second-order valence-electron chi connectivity index (χ2n) is 4.78. The van der Waals surface area contributed by atoms with E-state index in [-0.39, 0.29) is 0 Å². The molecule has 0 saturated carbocycles. The molecule has 1 aromatic carbocycles. The van der Waals surface area contributed by atoms with Gasteiger partial charge in [0.15, 0.2) is 0 Å². The van der Waals surface area contributed by atoms with Crippen molar-refractivity contribution in [1.82, 2.24) is 4.90 Å². The van der Waals surface area contributed by atoms with Crippen molar-refractivity contribution in [2.24, 2.45) is 0 Å². The molecule has 16 heavy (non-hydrogen) atoms. The molecule has 0 bridgehead atoms. The summed E-state index contributed by atoms with van der Waals surface area (Å²) in [4.78, 5) is 2.21. The summed E-state index contributed by atoms with van der Waals surface area (Å²) in [6, 6.07) is 6.59. The number of fused-ring (bicyclic) bond motifs is 1. The van der Waals surface area contributed by atoms with Crippen molar-refractivity contribution >= 4 is 0 Å². The third-order valence-corrected chi connectivity index (χ3v) is 2.97. The Balaban J connectivity index is 1.95. The highest BCUT2D eigenvalue weighted by molar-refractivity contribution is 5.41. The maximum atomic E-state index is 5.76. The number of rotatable bonds is 4. The fourth-order valence-corrected chi connectivity index (χ4v) is 2.12. The van der Waals surface area contributed by atoms with Crippen LogP contribution in [0.4, 0.5) is 0 Å². The van der Waals surface area contributed by atoms with Gasteiger partial charge < -0.3 is 9.64 Å². The topological polar surface area (TPSA) is 12.5 Å². The van der Waals surface area contributed by atoms with Gasteiger partial charge in [0.05, 0.1) is 6.61 Å². The van der Waals surface area contributed by atoms with Crippen LogP contribution in [0.1, 0.15) is 29.5 Å². The van der Waals surface area contributed by atoms with E-state index in [2.05, 4.69) is 44.1 Å². The molecule has 0 spiro atoms. The molecule has 1 heterocycles. The van der Waals surface area contributed by atoms with Crippen molar-refractivity contribution in [1.29, 1.82) is 0 Å². The van der Waals surface area contributed by atoms with E-state index in [0.29, 0.717) is 0 Å². The Hall–Kier alpha value is -0.860. The van der Waals surface area contributed by atoms with Gasteiger partial charge in [0.1, 0.15) is 6.10 Å². The first-order valence-electron chi connectivity index (χ1n) is 5.90. The van der Waals surface area contributed by atoms with E-state index in [0.717, 1.165) is 26.0 Å². The fraction of sp³-hybridized carbons (Fsp3) is 0.500.